The van der Waals surface area contributed by atoms with E-state index in [0.717, 1.165) is 67.5 Å². The van der Waals surface area contributed by atoms with Gasteiger partial charge in [0.25, 0.3) is 5.91 Å². The van der Waals surface area contributed by atoms with Gasteiger partial charge in [-0.15, -0.1) is 0 Å². The zero-order valence-electron chi connectivity index (χ0n) is 18.7. The van der Waals surface area contributed by atoms with Crippen LogP contribution in [0.3, 0.4) is 0 Å². The molecule has 3 rings (SSSR count). The summed E-state index contributed by atoms with van der Waals surface area (Å²) in [6.45, 7) is 7.91. The van der Waals surface area contributed by atoms with E-state index in [1.807, 2.05) is 35.2 Å². The van der Waals surface area contributed by atoms with Crippen LogP contribution in [0.4, 0.5) is 0 Å². The van der Waals surface area contributed by atoms with Gasteiger partial charge < -0.3 is 10.2 Å². The molecule has 1 aliphatic rings. The van der Waals surface area contributed by atoms with Crippen molar-refractivity contribution in [3.8, 4) is 0 Å². The smallest absolute Gasteiger partial charge is 0.254 e. The first-order chi connectivity index (χ1) is 15.0. The number of piperazine rings is 1. The molecular formula is C25H35N3O2S. The zero-order chi connectivity index (χ0) is 22.2. The second-order valence-electron chi connectivity index (χ2n) is 8.69. The predicted octanol–water partition coefficient (Wildman–Crippen LogP) is 3.84. The minimum absolute atomic E-state index is 0.0220. The first-order valence-electron chi connectivity index (χ1n) is 11.4. The number of carbonyl (C=O) groups excluding carboxylic acids is 2. The Balaban J connectivity index is 1.69. The zero-order valence-corrected chi connectivity index (χ0v) is 19.6. The lowest BCUT2D eigenvalue weighted by Crippen LogP contribution is -2.55. The van der Waals surface area contributed by atoms with Crippen LogP contribution >= 0.6 is 12.6 Å². The molecule has 168 valence electrons. The lowest BCUT2D eigenvalue weighted by atomic mass is 10.00. The van der Waals surface area contributed by atoms with Crippen molar-refractivity contribution >= 4 is 35.2 Å². The summed E-state index contributed by atoms with van der Waals surface area (Å²) in [5.74, 6) is 1.53. The second kappa shape index (κ2) is 11.5. The molecule has 1 N–H and O–H groups in total. The Bertz CT molecular complexity index is 883. The van der Waals surface area contributed by atoms with Crippen molar-refractivity contribution < 1.29 is 9.59 Å². The molecule has 2 atom stereocenters. The minimum atomic E-state index is 0.0220. The molecule has 0 bridgehead atoms. The summed E-state index contributed by atoms with van der Waals surface area (Å²) in [4.78, 5) is 29.1. The van der Waals surface area contributed by atoms with E-state index in [4.69, 9.17) is 0 Å². The Morgan fingerprint density at radius 2 is 1.90 bits per heavy atom. The number of benzene rings is 2. The van der Waals surface area contributed by atoms with E-state index in [9.17, 15) is 9.59 Å². The fourth-order valence-corrected chi connectivity index (χ4v) is 4.52. The summed E-state index contributed by atoms with van der Waals surface area (Å²) >= 11 is 4.46. The van der Waals surface area contributed by atoms with Crippen molar-refractivity contribution in [1.82, 2.24) is 15.1 Å². The van der Waals surface area contributed by atoms with Crippen LogP contribution in [-0.4, -0.2) is 66.1 Å². The Morgan fingerprint density at radius 3 is 2.68 bits per heavy atom. The third-order valence-corrected chi connectivity index (χ3v) is 6.73. The third-order valence-electron chi connectivity index (χ3n) is 6.11. The topological polar surface area (TPSA) is 52.7 Å². The quantitative estimate of drug-likeness (QED) is 0.459. The molecular weight excluding hydrogens is 406 g/mol. The lowest BCUT2D eigenvalue weighted by molar-refractivity contribution is -0.118. The number of amides is 2. The monoisotopic (exact) mass is 441 g/mol. The van der Waals surface area contributed by atoms with Crippen LogP contribution in [0.1, 0.15) is 43.5 Å². The van der Waals surface area contributed by atoms with Crippen LogP contribution in [0, 0.1) is 5.92 Å². The van der Waals surface area contributed by atoms with E-state index >= 15 is 0 Å². The summed E-state index contributed by atoms with van der Waals surface area (Å²) < 4.78 is 0. The maximum Gasteiger partial charge on any atom is 0.254 e. The van der Waals surface area contributed by atoms with E-state index in [1.165, 1.54) is 0 Å². The predicted molar refractivity (Wildman–Crippen MR) is 131 cm³/mol. The van der Waals surface area contributed by atoms with Crippen molar-refractivity contribution in [2.75, 3.05) is 38.5 Å². The maximum absolute atomic E-state index is 13.4. The Labute approximate surface area is 191 Å². The minimum Gasteiger partial charge on any atom is -0.356 e. The van der Waals surface area contributed by atoms with Gasteiger partial charge in [0.1, 0.15) is 0 Å². The molecule has 2 aromatic carbocycles. The molecule has 0 spiro atoms. The fourth-order valence-electron chi connectivity index (χ4n) is 4.40. The number of hydrogen-bond donors (Lipinski definition) is 2. The van der Waals surface area contributed by atoms with E-state index in [2.05, 4.69) is 41.9 Å². The number of carbonyl (C=O) groups is 2. The molecule has 0 saturated carbocycles. The van der Waals surface area contributed by atoms with Crippen LogP contribution in [0.25, 0.3) is 10.8 Å². The SMILES string of the molecule is CC(=O)NCCCCC1CN(C(=O)c2cccc3ccccc23)CCN1CC(C)CS. The maximum atomic E-state index is 13.4. The van der Waals surface area contributed by atoms with E-state index in [0.29, 0.717) is 18.5 Å². The first kappa shape index (κ1) is 23.6. The van der Waals surface area contributed by atoms with Gasteiger partial charge in [-0.25, -0.2) is 0 Å². The molecule has 1 fully saturated rings. The highest BCUT2D eigenvalue weighted by molar-refractivity contribution is 7.80. The van der Waals surface area contributed by atoms with Crippen LogP contribution in [0.15, 0.2) is 42.5 Å². The summed E-state index contributed by atoms with van der Waals surface area (Å²) in [7, 11) is 0. The average Bonchev–Trinajstić information content (AvgIpc) is 2.78. The molecule has 31 heavy (non-hydrogen) atoms. The molecule has 2 amide bonds. The number of thiol groups is 1. The van der Waals surface area contributed by atoms with E-state index in [-0.39, 0.29) is 11.8 Å². The highest BCUT2D eigenvalue weighted by atomic mass is 32.1. The van der Waals surface area contributed by atoms with Gasteiger partial charge >= 0.3 is 0 Å². The lowest BCUT2D eigenvalue weighted by Gasteiger charge is -2.42. The number of rotatable bonds is 9. The van der Waals surface area contributed by atoms with Gasteiger partial charge in [0, 0.05) is 51.3 Å². The molecule has 1 aliphatic heterocycles. The molecule has 2 aromatic rings. The molecule has 0 aliphatic carbocycles. The molecule has 6 heteroatoms. The largest absolute Gasteiger partial charge is 0.356 e. The van der Waals surface area contributed by atoms with Crippen LogP contribution in [-0.2, 0) is 4.79 Å². The van der Waals surface area contributed by atoms with Crippen molar-refractivity contribution in [3.63, 3.8) is 0 Å². The van der Waals surface area contributed by atoms with Crippen LogP contribution in [0.2, 0.25) is 0 Å². The second-order valence-corrected chi connectivity index (χ2v) is 9.06. The molecule has 5 nitrogen and oxygen atoms in total. The molecule has 0 radical (unpaired) electrons. The van der Waals surface area contributed by atoms with Gasteiger partial charge in [-0.3, -0.25) is 14.5 Å². The summed E-state index contributed by atoms with van der Waals surface area (Å²) in [6, 6.07) is 14.4. The number of unbranched alkanes of at least 4 members (excludes halogenated alkanes) is 1. The van der Waals surface area contributed by atoms with Gasteiger partial charge in [-0.05, 0) is 41.4 Å². The Morgan fingerprint density at radius 1 is 1.13 bits per heavy atom. The van der Waals surface area contributed by atoms with E-state index < -0.39 is 0 Å². The van der Waals surface area contributed by atoms with Crippen molar-refractivity contribution in [2.24, 2.45) is 5.92 Å². The number of hydrogen-bond acceptors (Lipinski definition) is 4. The number of fused-ring (bicyclic) bond motifs is 1. The van der Waals surface area contributed by atoms with Gasteiger partial charge in [-0.1, -0.05) is 49.7 Å². The third kappa shape index (κ3) is 6.47. The highest BCUT2D eigenvalue weighted by Gasteiger charge is 2.30. The van der Waals surface area contributed by atoms with E-state index in [1.54, 1.807) is 6.92 Å². The van der Waals surface area contributed by atoms with Crippen molar-refractivity contribution in [1.29, 1.82) is 0 Å². The van der Waals surface area contributed by atoms with Gasteiger partial charge in [-0.2, -0.15) is 12.6 Å². The highest BCUT2D eigenvalue weighted by Crippen LogP contribution is 2.23. The summed E-state index contributed by atoms with van der Waals surface area (Å²) in [5.41, 5.74) is 0.791. The Kier molecular flexibility index (Phi) is 8.79. The van der Waals surface area contributed by atoms with Crippen molar-refractivity contribution in [3.05, 3.63) is 48.0 Å². The van der Waals surface area contributed by atoms with Gasteiger partial charge in [0.05, 0.1) is 0 Å². The number of nitrogens with one attached hydrogen (secondary N) is 1. The van der Waals surface area contributed by atoms with Crippen molar-refractivity contribution in [2.45, 2.75) is 39.2 Å². The normalized spacial score (nSPS) is 18.2. The molecule has 1 heterocycles. The molecule has 0 aromatic heterocycles. The standard InChI is InChI=1S/C25H35N3O2S/c1-19(18-31)16-27-14-15-28(17-22(27)10-5-6-13-26-20(2)29)25(30)24-12-7-9-21-8-3-4-11-23(21)24/h3-4,7-9,11-12,19,22,31H,5-6,10,13-18H2,1-2H3,(H,26,29). The number of nitrogens with zero attached hydrogens (tertiary/aromatic N) is 2. The van der Waals surface area contributed by atoms with Gasteiger partial charge in [0.2, 0.25) is 5.91 Å². The summed E-state index contributed by atoms with van der Waals surface area (Å²) in [6.07, 6.45) is 3.02. The summed E-state index contributed by atoms with van der Waals surface area (Å²) in [5, 5.41) is 5.00. The Hall–Kier alpha value is -2.05. The molecule has 1 saturated heterocycles. The van der Waals surface area contributed by atoms with Gasteiger partial charge in [0.15, 0.2) is 0 Å². The average molecular weight is 442 g/mol. The van der Waals surface area contributed by atoms with Crippen LogP contribution < -0.4 is 5.32 Å². The fraction of sp³-hybridized carbons (Fsp3) is 0.520. The first-order valence-corrected chi connectivity index (χ1v) is 12.0. The van der Waals surface area contributed by atoms with Crippen LogP contribution in [0.5, 0.6) is 0 Å². The molecule has 2 unspecified atom stereocenters.